The van der Waals surface area contributed by atoms with Gasteiger partial charge in [-0.3, -0.25) is 0 Å². The number of hydrogen-bond donors (Lipinski definition) is 0. The Morgan fingerprint density at radius 2 is 1.36 bits per heavy atom. The SMILES string of the molecule is Cc1cc(C)nc(-c2[c-]cccc2)c1.[Ir].[c-]1ccc(-c2ccccc2)cc1-c1ccccn1. The summed E-state index contributed by atoms with van der Waals surface area (Å²) in [4.78, 5) is 8.83. The molecule has 3 heteroatoms. The van der Waals surface area contributed by atoms with Crippen LogP contribution >= 0.6 is 0 Å². The van der Waals surface area contributed by atoms with E-state index in [1.165, 1.54) is 16.7 Å². The van der Waals surface area contributed by atoms with Gasteiger partial charge in [-0.1, -0.05) is 54.1 Å². The van der Waals surface area contributed by atoms with Gasteiger partial charge >= 0.3 is 0 Å². The van der Waals surface area contributed by atoms with Gasteiger partial charge in [-0.05, 0) is 42.9 Å². The summed E-state index contributed by atoms with van der Waals surface area (Å²) < 4.78 is 0. The number of benzene rings is 3. The van der Waals surface area contributed by atoms with E-state index in [9.17, 15) is 0 Å². The van der Waals surface area contributed by atoms with Crippen LogP contribution in [0.3, 0.4) is 0 Å². The molecule has 2 aromatic heterocycles. The molecule has 0 saturated heterocycles. The molecule has 0 spiro atoms. The number of pyridine rings is 2. The summed E-state index contributed by atoms with van der Waals surface area (Å²) in [6.45, 7) is 4.10. The summed E-state index contributed by atoms with van der Waals surface area (Å²) >= 11 is 0. The van der Waals surface area contributed by atoms with Crippen molar-refractivity contribution in [2.24, 2.45) is 0 Å². The predicted molar refractivity (Wildman–Crippen MR) is 132 cm³/mol. The Morgan fingerprint density at radius 1 is 0.606 bits per heavy atom. The molecular weight excluding hydrogens is 581 g/mol. The van der Waals surface area contributed by atoms with E-state index in [0.717, 1.165) is 28.2 Å². The van der Waals surface area contributed by atoms with E-state index >= 15 is 0 Å². The van der Waals surface area contributed by atoms with Crippen LogP contribution in [0.2, 0.25) is 0 Å². The minimum absolute atomic E-state index is 0. The summed E-state index contributed by atoms with van der Waals surface area (Å²) in [5.41, 5.74) is 8.73. The van der Waals surface area contributed by atoms with Gasteiger partial charge in [0.15, 0.2) is 0 Å². The van der Waals surface area contributed by atoms with Crippen LogP contribution in [0.15, 0.2) is 109 Å². The van der Waals surface area contributed by atoms with Crippen molar-refractivity contribution in [1.82, 2.24) is 9.97 Å². The molecule has 2 heterocycles. The van der Waals surface area contributed by atoms with E-state index < -0.39 is 0 Å². The average Bonchev–Trinajstić information content (AvgIpc) is 2.86. The summed E-state index contributed by atoms with van der Waals surface area (Å²) in [7, 11) is 0. The Bertz CT molecular complexity index is 1200. The monoisotopic (exact) mass is 605 g/mol. The van der Waals surface area contributed by atoms with Crippen molar-refractivity contribution in [3.05, 3.63) is 133 Å². The maximum absolute atomic E-state index is 4.47. The van der Waals surface area contributed by atoms with E-state index in [-0.39, 0.29) is 20.1 Å². The molecule has 0 aliphatic rings. The van der Waals surface area contributed by atoms with E-state index in [2.05, 4.69) is 65.4 Å². The molecule has 0 aliphatic heterocycles. The molecule has 0 fully saturated rings. The first-order chi connectivity index (χ1) is 15.7. The third-order valence-corrected chi connectivity index (χ3v) is 4.93. The smallest absolute Gasteiger partial charge is 0.0268 e. The molecule has 5 aromatic rings. The molecule has 3 aromatic carbocycles. The molecule has 0 bridgehead atoms. The predicted octanol–water partition coefficient (Wildman–Crippen LogP) is 7.38. The second-order valence-electron chi connectivity index (χ2n) is 7.52. The number of aryl methyl sites for hydroxylation is 2. The molecule has 0 saturated carbocycles. The fourth-order valence-corrected chi connectivity index (χ4v) is 3.48. The van der Waals surface area contributed by atoms with Crippen LogP contribution in [0.25, 0.3) is 33.6 Å². The molecule has 165 valence electrons. The fourth-order valence-electron chi connectivity index (χ4n) is 3.48. The average molecular weight is 605 g/mol. The van der Waals surface area contributed by atoms with Gasteiger partial charge in [-0.25, -0.2) is 0 Å². The van der Waals surface area contributed by atoms with E-state index in [1.54, 1.807) is 6.20 Å². The van der Waals surface area contributed by atoms with Gasteiger partial charge in [0.25, 0.3) is 0 Å². The normalized spacial score (nSPS) is 9.88. The third kappa shape index (κ3) is 6.79. The Labute approximate surface area is 209 Å². The molecule has 5 rings (SSSR count). The zero-order valence-electron chi connectivity index (χ0n) is 18.6. The van der Waals surface area contributed by atoms with Crippen molar-refractivity contribution in [1.29, 1.82) is 0 Å². The van der Waals surface area contributed by atoms with E-state index in [1.807, 2.05) is 73.7 Å². The molecule has 1 radical (unpaired) electrons. The van der Waals surface area contributed by atoms with Crippen molar-refractivity contribution >= 4 is 0 Å². The van der Waals surface area contributed by atoms with Crippen LogP contribution in [-0.4, -0.2) is 9.97 Å². The van der Waals surface area contributed by atoms with E-state index in [0.29, 0.717) is 0 Å². The minimum Gasteiger partial charge on any atom is -0.305 e. The van der Waals surface area contributed by atoms with Crippen LogP contribution in [0.5, 0.6) is 0 Å². The first-order valence-corrected chi connectivity index (χ1v) is 10.6. The standard InChI is InChI=1S/C17H12N.C13H12N.Ir/c1-2-7-14(8-3-1)15-9-6-10-16(13-15)17-11-4-5-12-18-17;1-10-8-11(2)14-13(9-10)12-6-4-3-5-7-12;/h1-9,11-13H;3-6,8-9H,1-2H3;/q2*-1;. The zero-order chi connectivity index (χ0) is 22.2. The Hall–Kier alpha value is -3.39. The van der Waals surface area contributed by atoms with Gasteiger partial charge in [0, 0.05) is 32.0 Å². The van der Waals surface area contributed by atoms with Crippen LogP contribution in [0.4, 0.5) is 0 Å². The van der Waals surface area contributed by atoms with Crippen LogP contribution in [0.1, 0.15) is 11.3 Å². The number of nitrogens with zero attached hydrogens (tertiary/aromatic N) is 2. The maximum atomic E-state index is 4.47. The molecule has 0 amide bonds. The van der Waals surface area contributed by atoms with Crippen molar-refractivity contribution in [2.45, 2.75) is 13.8 Å². The van der Waals surface area contributed by atoms with Crippen molar-refractivity contribution in [3.8, 4) is 33.6 Å². The Kier molecular flexibility index (Phi) is 8.83. The Morgan fingerprint density at radius 3 is 2.06 bits per heavy atom. The third-order valence-electron chi connectivity index (χ3n) is 4.93. The quantitative estimate of drug-likeness (QED) is 0.201. The molecule has 0 N–H and O–H groups in total. The van der Waals surface area contributed by atoms with Gasteiger partial charge in [0.05, 0.1) is 0 Å². The van der Waals surface area contributed by atoms with Crippen LogP contribution in [-0.2, 0) is 20.1 Å². The molecule has 33 heavy (non-hydrogen) atoms. The van der Waals surface area contributed by atoms with Gasteiger partial charge in [0.2, 0.25) is 0 Å². The molecule has 0 unspecified atom stereocenters. The molecule has 0 atom stereocenters. The van der Waals surface area contributed by atoms with Crippen molar-refractivity contribution in [3.63, 3.8) is 0 Å². The van der Waals surface area contributed by atoms with Crippen LogP contribution in [0, 0.1) is 26.0 Å². The second kappa shape index (κ2) is 12.0. The van der Waals surface area contributed by atoms with Crippen molar-refractivity contribution in [2.75, 3.05) is 0 Å². The first-order valence-electron chi connectivity index (χ1n) is 10.6. The minimum atomic E-state index is 0. The summed E-state index contributed by atoms with van der Waals surface area (Å²) in [6, 6.07) is 40.9. The molecular formula is C30H24IrN2-2. The fraction of sp³-hybridized carbons (Fsp3) is 0.0667. The second-order valence-corrected chi connectivity index (χ2v) is 7.52. The number of rotatable bonds is 3. The molecule has 0 aliphatic carbocycles. The topological polar surface area (TPSA) is 25.8 Å². The summed E-state index contributed by atoms with van der Waals surface area (Å²) in [5, 5.41) is 0. The van der Waals surface area contributed by atoms with E-state index in [4.69, 9.17) is 0 Å². The number of hydrogen-bond acceptors (Lipinski definition) is 2. The maximum Gasteiger partial charge on any atom is 0.0268 e. The molecule has 2 nitrogen and oxygen atoms in total. The van der Waals surface area contributed by atoms with Crippen molar-refractivity contribution < 1.29 is 20.1 Å². The summed E-state index contributed by atoms with van der Waals surface area (Å²) in [5.74, 6) is 0. The summed E-state index contributed by atoms with van der Waals surface area (Å²) in [6.07, 6.45) is 1.80. The first kappa shape index (κ1) is 24.3. The van der Waals surface area contributed by atoms with Gasteiger partial charge in [-0.15, -0.1) is 71.3 Å². The van der Waals surface area contributed by atoms with Gasteiger partial charge < -0.3 is 9.97 Å². The van der Waals surface area contributed by atoms with Gasteiger partial charge in [-0.2, -0.15) is 0 Å². The number of aromatic nitrogens is 2. The van der Waals surface area contributed by atoms with Crippen LogP contribution < -0.4 is 0 Å². The van der Waals surface area contributed by atoms with Gasteiger partial charge in [0.1, 0.15) is 0 Å². The Balaban J connectivity index is 0.000000186. The zero-order valence-corrected chi connectivity index (χ0v) is 21.0. The largest absolute Gasteiger partial charge is 0.305 e.